The lowest BCUT2D eigenvalue weighted by Gasteiger charge is -2.13. The number of halogens is 1. The Kier molecular flexibility index (Phi) is 4.07. The Morgan fingerprint density at radius 1 is 1.24 bits per heavy atom. The summed E-state index contributed by atoms with van der Waals surface area (Å²) in [5, 5.41) is 12.3. The maximum Gasteiger partial charge on any atom is 0.177 e. The molecule has 0 spiro atoms. The fourth-order valence-corrected chi connectivity index (χ4v) is 2.81. The van der Waals surface area contributed by atoms with E-state index in [2.05, 4.69) is 5.32 Å². The van der Waals surface area contributed by atoms with Crippen LogP contribution in [-0.2, 0) is 9.84 Å². The predicted molar refractivity (Wildman–Crippen MR) is 83.4 cm³/mol. The Bertz CT molecular complexity index is 842. The average molecular weight is 322 g/mol. The van der Waals surface area contributed by atoms with Gasteiger partial charge in [0, 0.05) is 6.26 Å². The van der Waals surface area contributed by atoms with Gasteiger partial charge in [0.05, 0.1) is 38.6 Å². The number of anilines is 3. The summed E-state index contributed by atoms with van der Waals surface area (Å²) in [5.41, 5.74) is 7.32. The van der Waals surface area contributed by atoms with E-state index < -0.39 is 9.84 Å². The standard InChI is InChI=1S/C14H12ClN3O2S/c1-21(19,20)13-4-2-3-11(14(13)17)18-12-7-9(8-16)5-6-10(12)15/h2-7,18H,17H2,1H3. The van der Waals surface area contributed by atoms with Crippen LogP contribution in [0.25, 0.3) is 0 Å². The van der Waals surface area contributed by atoms with Crippen molar-refractivity contribution in [2.75, 3.05) is 17.3 Å². The smallest absolute Gasteiger partial charge is 0.177 e. The van der Waals surface area contributed by atoms with Crippen LogP contribution in [0.1, 0.15) is 5.56 Å². The van der Waals surface area contributed by atoms with Gasteiger partial charge >= 0.3 is 0 Å². The molecule has 0 aliphatic rings. The number of sulfone groups is 1. The van der Waals surface area contributed by atoms with Gasteiger partial charge in [-0.2, -0.15) is 5.26 Å². The zero-order chi connectivity index (χ0) is 15.6. The Labute approximate surface area is 127 Å². The molecule has 3 N–H and O–H groups in total. The quantitative estimate of drug-likeness (QED) is 0.847. The number of benzene rings is 2. The summed E-state index contributed by atoms with van der Waals surface area (Å²) in [5.74, 6) is 0. The second kappa shape index (κ2) is 5.64. The lowest BCUT2D eigenvalue weighted by atomic mass is 10.2. The van der Waals surface area contributed by atoms with Gasteiger partial charge in [-0.1, -0.05) is 17.7 Å². The van der Waals surface area contributed by atoms with E-state index in [1.807, 2.05) is 6.07 Å². The highest BCUT2D eigenvalue weighted by Crippen LogP contribution is 2.32. The Balaban J connectivity index is 2.49. The van der Waals surface area contributed by atoms with E-state index in [1.165, 1.54) is 6.07 Å². The number of nitrogen functional groups attached to an aromatic ring is 1. The first kappa shape index (κ1) is 15.2. The molecule has 0 heterocycles. The van der Waals surface area contributed by atoms with Gasteiger partial charge in [0.2, 0.25) is 0 Å². The van der Waals surface area contributed by atoms with Gasteiger partial charge in [0.1, 0.15) is 0 Å². The van der Waals surface area contributed by atoms with Crippen LogP contribution in [0.15, 0.2) is 41.3 Å². The van der Waals surface area contributed by atoms with Crippen molar-refractivity contribution < 1.29 is 8.42 Å². The monoisotopic (exact) mass is 321 g/mol. The van der Waals surface area contributed by atoms with E-state index in [0.717, 1.165) is 6.26 Å². The summed E-state index contributed by atoms with van der Waals surface area (Å²) < 4.78 is 23.3. The van der Waals surface area contributed by atoms with Crippen LogP contribution in [0, 0.1) is 11.3 Å². The Hall–Kier alpha value is -2.23. The van der Waals surface area contributed by atoms with Crippen LogP contribution < -0.4 is 11.1 Å². The van der Waals surface area contributed by atoms with Gasteiger partial charge in [-0.3, -0.25) is 0 Å². The molecule has 2 aromatic carbocycles. The van der Waals surface area contributed by atoms with Crippen molar-refractivity contribution in [3.63, 3.8) is 0 Å². The molecule has 0 radical (unpaired) electrons. The van der Waals surface area contributed by atoms with Crippen molar-refractivity contribution in [2.45, 2.75) is 4.90 Å². The van der Waals surface area contributed by atoms with Crippen molar-refractivity contribution in [3.05, 3.63) is 47.0 Å². The zero-order valence-corrected chi connectivity index (χ0v) is 12.7. The minimum absolute atomic E-state index is 0.0417. The second-order valence-electron chi connectivity index (χ2n) is 4.42. The molecule has 0 aliphatic carbocycles. The van der Waals surface area contributed by atoms with E-state index in [-0.39, 0.29) is 10.6 Å². The maximum absolute atomic E-state index is 11.6. The molecule has 0 fully saturated rings. The third kappa shape index (κ3) is 3.27. The molecule has 0 bridgehead atoms. The molecular weight excluding hydrogens is 310 g/mol. The minimum Gasteiger partial charge on any atom is -0.396 e. The third-order valence-electron chi connectivity index (χ3n) is 2.83. The first-order valence-corrected chi connectivity index (χ1v) is 8.15. The van der Waals surface area contributed by atoms with Crippen LogP contribution in [0.3, 0.4) is 0 Å². The number of nitrogens with zero attached hydrogens (tertiary/aromatic N) is 1. The summed E-state index contributed by atoms with van der Waals surface area (Å²) in [6.45, 7) is 0. The fourth-order valence-electron chi connectivity index (χ4n) is 1.81. The lowest BCUT2D eigenvalue weighted by Crippen LogP contribution is -2.05. The fraction of sp³-hybridized carbons (Fsp3) is 0.0714. The summed E-state index contributed by atoms with van der Waals surface area (Å²) in [6, 6.07) is 11.4. The summed E-state index contributed by atoms with van der Waals surface area (Å²) >= 11 is 6.05. The molecular formula is C14H12ClN3O2S. The van der Waals surface area contributed by atoms with Gasteiger partial charge in [-0.05, 0) is 30.3 Å². The first-order valence-electron chi connectivity index (χ1n) is 5.88. The third-order valence-corrected chi connectivity index (χ3v) is 4.31. The van der Waals surface area contributed by atoms with E-state index in [0.29, 0.717) is 22.0 Å². The molecule has 2 rings (SSSR count). The number of para-hydroxylation sites is 1. The summed E-state index contributed by atoms with van der Waals surface area (Å²) in [7, 11) is -3.42. The molecule has 0 amide bonds. The number of nitrogens with two attached hydrogens (primary N) is 1. The SMILES string of the molecule is CS(=O)(=O)c1cccc(Nc2cc(C#N)ccc2Cl)c1N. The first-order chi connectivity index (χ1) is 9.82. The molecule has 0 saturated heterocycles. The molecule has 7 heteroatoms. The minimum atomic E-state index is -3.42. The highest BCUT2D eigenvalue weighted by molar-refractivity contribution is 7.90. The molecule has 2 aromatic rings. The van der Waals surface area contributed by atoms with E-state index >= 15 is 0 Å². The summed E-state index contributed by atoms with van der Waals surface area (Å²) in [6.07, 6.45) is 1.09. The predicted octanol–water partition coefficient (Wildman–Crippen LogP) is 2.94. The van der Waals surface area contributed by atoms with Gasteiger partial charge < -0.3 is 11.1 Å². The van der Waals surface area contributed by atoms with Crippen molar-refractivity contribution in [1.29, 1.82) is 5.26 Å². The van der Waals surface area contributed by atoms with Crippen molar-refractivity contribution in [2.24, 2.45) is 0 Å². The zero-order valence-electron chi connectivity index (χ0n) is 11.1. The number of rotatable bonds is 3. The van der Waals surface area contributed by atoms with Crippen LogP contribution in [0.4, 0.5) is 17.1 Å². The average Bonchev–Trinajstić information content (AvgIpc) is 2.42. The molecule has 5 nitrogen and oxygen atoms in total. The highest BCUT2D eigenvalue weighted by atomic mass is 35.5. The molecule has 0 atom stereocenters. The van der Waals surface area contributed by atoms with Crippen LogP contribution in [-0.4, -0.2) is 14.7 Å². The number of hydrogen-bond donors (Lipinski definition) is 2. The van der Waals surface area contributed by atoms with Crippen LogP contribution in [0.2, 0.25) is 5.02 Å². The number of hydrogen-bond acceptors (Lipinski definition) is 5. The van der Waals surface area contributed by atoms with Crippen molar-refractivity contribution in [1.82, 2.24) is 0 Å². The largest absolute Gasteiger partial charge is 0.396 e. The van der Waals surface area contributed by atoms with Gasteiger partial charge in [0.15, 0.2) is 9.84 Å². The normalized spacial score (nSPS) is 10.9. The maximum atomic E-state index is 11.6. The molecule has 108 valence electrons. The number of nitrogens with one attached hydrogen (secondary N) is 1. The highest BCUT2D eigenvalue weighted by Gasteiger charge is 2.14. The molecule has 21 heavy (non-hydrogen) atoms. The number of nitriles is 1. The molecule has 0 unspecified atom stereocenters. The van der Waals surface area contributed by atoms with E-state index in [1.54, 1.807) is 30.3 Å². The summed E-state index contributed by atoms with van der Waals surface area (Å²) in [4.78, 5) is 0.0417. The van der Waals surface area contributed by atoms with Crippen LogP contribution in [0.5, 0.6) is 0 Å². The second-order valence-corrected chi connectivity index (χ2v) is 6.81. The lowest BCUT2D eigenvalue weighted by molar-refractivity contribution is 0.602. The van der Waals surface area contributed by atoms with Crippen molar-refractivity contribution in [3.8, 4) is 6.07 Å². The Morgan fingerprint density at radius 2 is 1.95 bits per heavy atom. The molecule has 0 saturated carbocycles. The van der Waals surface area contributed by atoms with Crippen molar-refractivity contribution >= 4 is 38.5 Å². The molecule has 0 aliphatic heterocycles. The van der Waals surface area contributed by atoms with Gasteiger partial charge in [-0.25, -0.2) is 8.42 Å². The van der Waals surface area contributed by atoms with E-state index in [9.17, 15) is 8.42 Å². The molecule has 0 aromatic heterocycles. The van der Waals surface area contributed by atoms with Gasteiger partial charge in [-0.15, -0.1) is 0 Å². The van der Waals surface area contributed by atoms with Crippen LogP contribution >= 0.6 is 11.6 Å². The van der Waals surface area contributed by atoms with E-state index in [4.69, 9.17) is 22.6 Å². The van der Waals surface area contributed by atoms with Gasteiger partial charge in [0.25, 0.3) is 0 Å². The Morgan fingerprint density at radius 3 is 2.57 bits per heavy atom. The topological polar surface area (TPSA) is 96.0 Å².